The van der Waals surface area contributed by atoms with Crippen LogP contribution in [0.15, 0.2) is 24.9 Å². The van der Waals surface area contributed by atoms with E-state index >= 15 is 0 Å². The van der Waals surface area contributed by atoms with Crippen LogP contribution in [0.3, 0.4) is 0 Å². The van der Waals surface area contributed by atoms with Crippen LogP contribution in [0.25, 0.3) is 12.2 Å². The predicted molar refractivity (Wildman–Crippen MR) is 55.9 cm³/mol. The van der Waals surface area contributed by atoms with E-state index in [1.54, 1.807) is 12.2 Å². The Labute approximate surface area is 73.3 Å². The van der Waals surface area contributed by atoms with Crippen molar-refractivity contribution in [2.45, 2.75) is 0 Å². The van der Waals surface area contributed by atoms with Crippen molar-refractivity contribution in [3.05, 3.63) is 36.1 Å². The Morgan fingerprint density at radius 1 is 1.50 bits per heavy atom. The minimum absolute atomic E-state index is 0.651. The number of nitrogens with two attached hydrogens (primary N) is 1. The fourth-order valence-electron chi connectivity index (χ4n) is 0.935. The van der Waals surface area contributed by atoms with Crippen LogP contribution >= 0.6 is 0 Å². The van der Waals surface area contributed by atoms with Crippen LogP contribution in [-0.2, 0) is 0 Å². The summed E-state index contributed by atoms with van der Waals surface area (Å²) in [5.74, 6) is 0. The molecule has 0 aromatic carbocycles. The Bertz CT molecular complexity index is 326. The number of hydrogen-bond donors (Lipinski definition) is 2. The van der Waals surface area contributed by atoms with Crippen molar-refractivity contribution in [3.63, 3.8) is 0 Å². The standard InChI is InChI=1S/C8H10B2N2/c1-3-6(11)5-7-8(4-2)12-10-9-7/h3-5,12H,1-2,11H2/b6-5+. The summed E-state index contributed by atoms with van der Waals surface area (Å²) in [6.07, 6.45) is 5.21. The summed E-state index contributed by atoms with van der Waals surface area (Å²) in [6.45, 7) is 11.0. The molecular formula is C8H10B2N2. The van der Waals surface area contributed by atoms with E-state index in [9.17, 15) is 0 Å². The van der Waals surface area contributed by atoms with E-state index in [2.05, 4.69) is 18.0 Å². The van der Waals surface area contributed by atoms with Crippen molar-refractivity contribution in [1.82, 2.24) is 4.89 Å². The van der Waals surface area contributed by atoms with Gasteiger partial charge in [-0.3, -0.25) is 0 Å². The molecule has 0 bridgehead atoms. The van der Waals surface area contributed by atoms with Crippen molar-refractivity contribution >= 4 is 25.9 Å². The zero-order chi connectivity index (χ0) is 8.97. The van der Waals surface area contributed by atoms with Gasteiger partial charge in [0.05, 0.1) is 0 Å². The summed E-state index contributed by atoms with van der Waals surface area (Å²) in [5.41, 5.74) is 8.24. The molecule has 1 aromatic rings. The van der Waals surface area contributed by atoms with E-state index in [0.29, 0.717) is 5.70 Å². The molecular weight excluding hydrogens is 146 g/mol. The molecule has 3 N–H and O–H groups in total. The Morgan fingerprint density at radius 2 is 2.25 bits per heavy atom. The predicted octanol–water partition coefficient (Wildman–Crippen LogP) is 0.819. The molecule has 0 atom stereocenters. The van der Waals surface area contributed by atoms with Gasteiger partial charge in [0.1, 0.15) is 0 Å². The van der Waals surface area contributed by atoms with Crippen molar-refractivity contribution in [3.8, 4) is 0 Å². The molecule has 0 fully saturated rings. The molecule has 1 aromatic heterocycles. The Balaban J connectivity index is 3.02. The molecule has 0 unspecified atom stereocenters. The fourth-order valence-corrected chi connectivity index (χ4v) is 0.935. The van der Waals surface area contributed by atoms with Crippen LogP contribution in [0.4, 0.5) is 0 Å². The van der Waals surface area contributed by atoms with Gasteiger partial charge in [-0.25, -0.2) is 0 Å². The van der Waals surface area contributed by atoms with Gasteiger partial charge in [-0.1, -0.05) is 0 Å². The Morgan fingerprint density at radius 3 is 2.83 bits per heavy atom. The summed E-state index contributed by atoms with van der Waals surface area (Å²) in [6, 6.07) is 0. The van der Waals surface area contributed by atoms with Gasteiger partial charge in [-0.05, 0) is 0 Å². The van der Waals surface area contributed by atoms with Crippen LogP contribution in [0.2, 0.25) is 0 Å². The number of rotatable bonds is 3. The van der Waals surface area contributed by atoms with Crippen molar-refractivity contribution in [2.75, 3.05) is 0 Å². The van der Waals surface area contributed by atoms with Crippen molar-refractivity contribution in [1.29, 1.82) is 0 Å². The number of H-pyrrole nitrogens is 1. The van der Waals surface area contributed by atoms with Gasteiger partial charge in [-0.2, -0.15) is 0 Å². The van der Waals surface area contributed by atoms with Gasteiger partial charge < -0.3 is 0 Å². The molecule has 0 saturated carbocycles. The average Bonchev–Trinajstić information content (AvgIpc) is 2.51. The van der Waals surface area contributed by atoms with Crippen molar-refractivity contribution in [2.24, 2.45) is 5.73 Å². The molecule has 4 heteroatoms. The number of hydrogen-bond acceptors (Lipinski definition) is 1. The number of nitrogens with one attached hydrogen (secondary N) is 1. The molecule has 1 rings (SSSR count). The van der Waals surface area contributed by atoms with Gasteiger partial charge in [0.2, 0.25) is 0 Å². The Kier molecular flexibility index (Phi) is 2.86. The van der Waals surface area contributed by atoms with E-state index in [0.717, 1.165) is 11.2 Å². The average molecular weight is 156 g/mol. The topological polar surface area (TPSA) is 41.8 Å². The van der Waals surface area contributed by atoms with Crippen LogP contribution in [0.5, 0.6) is 0 Å². The summed E-state index contributed by atoms with van der Waals surface area (Å²) >= 11 is 0. The van der Waals surface area contributed by atoms with E-state index in [1.165, 1.54) is 0 Å². The molecule has 0 aliphatic heterocycles. The van der Waals surface area contributed by atoms with Gasteiger partial charge in [0, 0.05) is 0 Å². The van der Waals surface area contributed by atoms with Crippen LogP contribution in [-0.4, -0.2) is 18.6 Å². The molecule has 58 valence electrons. The second-order valence-electron chi connectivity index (χ2n) is 2.40. The maximum atomic E-state index is 5.58. The first-order valence-electron chi connectivity index (χ1n) is 3.67. The minimum atomic E-state index is 0.651. The molecule has 0 saturated heterocycles. The van der Waals surface area contributed by atoms with Crippen LogP contribution in [0, 0.1) is 0 Å². The zero-order valence-corrected chi connectivity index (χ0v) is 6.88. The van der Waals surface area contributed by atoms with E-state index in [4.69, 9.17) is 5.73 Å². The van der Waals surface area contributed by atoms with E-state index < -0.39 is 0 Å². The maximum absolute atomic E-state index is 5.58. The van der Waals surface area contributed by atoms with Gasteiger partial charge in [-0.15, -0.1) is 0 Å². The summed E-state index contributed by atoms with van der Waals surface area (Å²) in [4.78, 5) is 3.03. The second-order valence-corrected chi connectivity index (χ2v) is 2.40. The third kappa shape index (κ3) is 1.84. The zero-order valence-electron chi connectivity index (χ0n) is 6.88. The molecule has 2 nitrogen and oxygen atoms in total. The molecule has 0 aliphatic carbocycles. The monoisotopic (exact) mass is 156 g/mol. The van der Waals surface area contributed by atoms with Crippen LogP contribution < -0.4 is 5.73 Å². The Hall–Kier alpha value is -1.31. The molecule has 0 amide bonds. The van der Waals surface area contributed by atoms with Crippen LogP contribution in [0.1, 0.15) is 11.2 Å². The molecule has 0 aliphatic rings. The van der Waals surface area contributed by atoms with Gasteiger partial charge in [0.15, 0.2) is 0 Å². The number of allylic oxidation sites excluding steroid dienone is 1. The molecule has 0 spiro atoms. The van der Waals surface area contributed by atoms with Crippen molar-refractivity contribution < 1.29 is 0 Å². The van der Waals surface area contributed by atoms with Gasteiger partial charge in [0.25, 0.3) is 0 Å². The molecule has 1 heterocycles. The van der Waals surface area contributed by atoms with E-state index in [1.807, 2.05) is 19.8 Å². The first-order chi connectivity index (χ1) is 5.77. The molecule has 0 radical (unpaired) electrons. The number of aromatic amines is 1. The first-order valence-corrected chi connectivity index (χ1v) is 3.67. The summed E-state index contributed by atoms with van der Waals surface area (Å²) in [5, 5.41) is 0. The third-order valence-corrected chi connectivity index (χ3v) is 1.57. The van der Waals surface area contributed by atoms with E-state index in [-0.39, 0.29) is 0 Å². The quantitative estimate of drug-likeness (QED) is 0.624. The molecule has 12 heavy (non-hydrogen) atoms. The third-order valence-electron chi connectivity index (χ3n) is 1.57. The van der Waals surface area contributed by atoms with Gasteiger partial charge >= 0.3 is 72.6 Å². The SMILES string of the molecule is C=C/C(N)=C\c1bb[nH]c1C=C. The first kappa shape index (κ1) is 8.78. The number of aromatic nitrogens is 1. The second kappa shape index (κ2) is 3.90. The summed E-state index contributed by atoms with van der Waals surface area (Å²) < 4.78 is 0. The normalized spacial score (nSPS) is 10.5. The fraction of sp³-hybridized carbons (Fsp3) is 0. The summed E-state index contributed by atoms with van der Waals surface area (Å²) in [7, 11) is 0.